The van der Waals surface area contributed by atoms with Gasteiger partial charge < -0.3 is 10.4 Å². The molecule has 2 N–H and O–H groups in total. The largest absolute Gasteiger partial charge is 0.343 e. The van der Waals surface area contributed by atoms with Gasteiger partial charge in [-0.05, 0) is 29.8 Å². The van der Waals surface area contributed by atoms with Gasteiger partial charge in [0.25, 0.3) is 0 Å². The maximum atomic E-state index is 13.7. The van der Waals surface area contributed by atoms with Crippen molar-refractivity contribution in [3.05, 3.63) is 71.7 Å². The number of halogens is 1. The first-order chi connectivity index (χ1) is 9.78. The van der Waals surface area contributed by atoms with Crippen LogP contribution < -0.4 is 5.84 Å². The first-order valence-corrected chi connectivity index (χ1v) is 6.33. The molecule has 0 amide bonds. The maximum absolute atomic E-state index is 13.7. The zero-order valence-electron chi connectivity index (χ0n) is 10.8. The van der Waals surface area contributed by atoms with Crippen LogP contribution in [0.4, 0.5) is 4.39 Å². The SMILES string of the molecule is NN=Cc1ccc2c(ccn2Cc2ccccc2F)c1. The minimum atomic E-state index is -0.179. The molecule has 100 valence electrons. The average molecular weight is 267 g/mol. The Hall–Kier alpha value is -2.62. The Morgan fingerprint density at radius 2 is 2.00 bits per heavy atom. The van der Waals surface area contributed by atoms with Gasteiger partial charge in [0.1, 0.15) is 5.82 Å². The Morgan fingerprint density at radius 1 is 1.15 bits per heavy atom. The van der Waals surface area contributed by atoms with Crippen molar-refractivity contribution >= 4 is 17.1 Å². The zero-order chi connectivity index (χ0) is 13.9. The summed E-state index contributed by atoms with van der Waals surface area (Å²) in [5.41, 5.74) is 2.68. The van der Waals surface area contributed by atoms with Crippen LogP contribution >= 0.6 is 0 Å². The molecule has 0 saturated heterocycles. The predicted molar refractivity (Wildman–Crippen MR) is 79.2 cm³/mol. The summed E-state index contributed by atoms with van der Waals surface area (Å²) in [6, 6.07) is 14.8. The van der Waals surface area contributed by atoms with E-state index in [1.54, 1.807) is 18.3 Å². The molecule has 3 nitrogen and oxygen atoms in total. The van der Waals surface area contributed by atoms with Crippen LogP contribution in [0.5, 0.6) is 0 Å². The van der Waals surface area contributed by atoms with Crippen LogP contribution in [0.1, 0.15) is 11.1 Å². The van der Waals surface area contributed by atoms with Gasteiger partial charge in [0.15, 0.2) is 0 Å². The second-order valence-electron chi connectivity index (χ2n) is 4.63. The highest BCUT2D eigenvalue weighted by Crippen LogP contribution is 2.19. The number of hydrazone groups is 1. The van der Waals surface area contributed by atoms with E-state index >= 15 is 0 Å². The fraction of sp³-hybridized carbons (Fsp3) is 0.0625. The first-order valence-electron chi connectivity index (χ1n) is 6.33. The topological polar surface area (TPSA) is 43.3 Å². The molecule has 0 aliphatic heterocycles. The highest BCUT2D eigenvalue weighted by molar-refractivity contribution is 5.89. The minimum absolute atomic E-state index is 0.179. The van der Waals surface area contributed by atoms with Crippen molar-refractivity contribution in [1.82, 2.24) is 4.57 Å². The van der Waals surface area contributed by atoms with E-state index < -0.39 is 0 Å². The Morgan fingerprint density at radius 3 is 2.80 bits per heavy atom. The van der Waals surface area contributed by atoms with Crippen LogP contribution in [0.2, 0.25) is 0 Å². The van der Waals surface area contributed by atoms with Gasteiger partial charge in [-0.15, -0.1) is 0 Å². The number of hydrogen-bond acceptors (Lipinski definition) is 2. The Balaban J connectivity index is 1.99. The van der Waals surface area contributed by atoms with Crippen molar-refractivity contribution in [3.8, 4) is 0 Å². The molecule has 4 heteroatoms. The van der Waals surface area contributed by atoms with Gasteiger partial charge in [-0.2, -0.15) is 5.10 Å². The molecule has 0 spiro atoms. The first kappa shape index (κ1) is 12.4. The van der Waals surface area contributed by atoms with Crippen molar-refractivity contribution in [1.29, 1.82) is 0 Å². The smallest absolute Gasteiger partial charge is 0.128 e. The molecule has 2 aromatic carbocycles. The lowest BCUT2D eigenvalue weighted by Gasteiger charge is -2.07. The van der Waals surface area contributed by atoms with Crippen LogP contribution in [0, 0.1) is 5.82 Å². The lowest BCUT2D eigenvalue weighted by Crippen LogP contribution is -2.00. The summed E-state index contributed by atoms with van der Waals surface area (Å²) >= 11 is 0. The van der Waals surface area contributed by atoms with Crippen molar-refractivity contribution in [2.24, 2.45) is 10.9 Å². The normalized spacial score (nSPS) is 11.4. The van der Waals surface area contributed by atoms with E-state index in [0.717, 1.165) is 16.5 Å². The monoisotopic (exact) mass is 267 g/mol. The second-order valence-corrected chi connectivity index (χ2v) is 4.63. The Labute approximate surface area is 116 Å². The summed E-state index contributed by atoms with van der Waals surface area (Å²) in [6.45, 7) is 0.514. The average Bonchev–Trinajstić information content (AvgIpc) is 2.84. The van der Waals surface area contributed by atoms with Crippen molar-refractivity contribution in [3.63, 3.8) is 0 Å². The molecule has 0 bridgehead atoms. The number of benzene rings is 2. The molecular formula is C16H14FN3. The third-order valence-electron chi connectivity index (χ3n) is 3.32. The van der Waals surface area contributed by atoms with E-state index in [1.807, 2.05) is 41.1 Å². The molecule has 3 rings (SSSR count). The summed E-state index contributed by atoms with van der Waals surface area (Å²) in [5.74, 6) is 4.97. The zero-order valence-corrected chi connectivity index (χ0v) is 10.8. The fourth-order valence-corrected chi connectivity index (χ4v) is 2.33. The molecule has 1 heterocycles. The molecule has 1 aromatic heterocycles. The van der Waals surface area contributed by atoms with E-state index in [-0.39, 0.29) is 5.82 Å². The van der Waals surface area contributed by atoms with E-state index in [2.05, 4.69) is 5.10 Å². The minimum Gasteiger partial charge on any atom is -0.343 e. The molecule has 0 fully saturated rings. The number of nitrogens with zero attached hydrogens (tertiary/aromatic N) is 2. The summed E-state index contributed by atoms with van der Waals surface area (Å²) in [4.78, 5) is 0. The van der Waals surface area contributed by atoms with Gasteiger partial charge in [-0.3, -0.25) is 0 Å². The standard InChI is InChI=1S/C16H14FN3/c17-15-4-2-1-3-14(15)11-20-8-7-13-9-12(10-19-18)5-6-16(13)20/h1-10H,11,18H2. The molecule has 0 saturated carbocycles. The highest BCUT2D eigenvalue weighted by Gasteiger charge is 2.05. The lowest BCUT2D eigenvalue weighted by atomic mass is 10.1. The van der Waals surface area contributed by atoms with Crippen molar-refractivity contribution < 1.29 is 4.39 Å². The number of nitrogens with two attached hydrogens (primary N) is 1. The van der Waals surface area contributed by atoms with Crippen LogP contribution in [-0.4, -0.2) is 10.8 Å². The number of fused-ring (bicyclic) bond motifs is 1. The molecule has 0 radical (unpaired) electrons. The van der Waals surface area contributed by atoms with E-state index in [9.17, 15) is 4.39 Å². The van der Waals surface area contributed by atoms with Gasteiger partial charge >= 0.3 is 0 Å². The second kappa shape index (κ2) is 5.17. The van der Waals surface area contributed by atoms with Crippen LogP contribution in [0.3, 0.4) is 0 Å². The number of aromatic nitrogens is 1. The van der Waals surface area contributed by atoms with Crippen LogP contribution in [0.15, 0.2) is 59.8 Å². The summed E-state index contributed by atoms with van der Waals surface area (Å²) in [6.07, 6.45) is 3.56. The third kappa shape index (κ3) is 2.28. The molecule has 20 heavy (non-hydrogen) atoms. The Bertz CT molecular complexity index is 774. The molecule has 3 aromatic rings. The summed E-state index contributed by atoms with van der Waals surface area (Å²) in [7, 11) is 0. The van der Waals surface area contributed by atoms with E-state index in [4.69, 9.17) is 5.84 Å². The van der Waals surface area contributed by atoms with Crippen molar-refractivity contribution in [2.75, 3.05) is 0 Å². The van der Waals surface area contributed by atoms with Gasteiger partial charge in [-0.1, -0.05) is 24.3 Å². The molecule has 0 aliphatic carbocycles. The number of rotatable bonds is 3. The lowest BCUT2D eigenvalue weighted by molar-refractivity contribution is 0.602. The highest BCUT2D eigenvalue weighted by atomic mass is 19.1. The fourth-order valence-electron chi connectivity index (χ4n) is 2.33. The van der Waals surface area contributed by atoms with Crippen LogP contribution in [-0.2, 0) is 6.54 Å². The summed E-state index contributed by atoms with van der Waals surface area (Å²) in [5, 5.41) is 4.60. The van der Waals surface area contributed by atoms with Gasteiger partial charge in [-0.25, -0.2) is 4.39 Å². The predicted octanol–water partition coefficient (Wildman–Crippen LogP) is 3.12. The molecular weight excluding hydrogens is 253 g/mol. The third-order valence-corrected chi connectivity index (χ3v) is 3.32. The molecule has 0 unspecified atom stereocenters. The van der Waals surface area contributed by atoms with Gasteiger partial charge in [0.05, 0.1) is 12.8 Å². The van der Waals surface area contributed by atoms with Crippen molar-refractivity contribution in [2.45, 2.75) is 6.54 Å². The van der Waals surface area contributed by atoms with Gasteiger partial charge in [0, 0.05) is 22.7 Å². The van der Waals surface area contributed by atoms with Gasteiger partial charge in [0.2, 0.25) is 0 Å². The molecule has 0 aliphatic rings. The number of hydrogen-bond donors (Lipinski definition) is 1. The summed E-state index contributed by atoms with van der Waals surface area (Å²) < 4.78 is 15.7. The Kier molecular flexibility index (Phi) is 3.21. The van der Waals surface area contributed by atoms with E-state index in [1.165, 1.54) is 6.07 Å². The van der Waals surface area contributed by atoms with E-state index in [0.29, 0.717) is 12.1 Å². The molecule has 0 atom stereocenters. The quantitative estimate of drug-likeness (QED) is 0.442. The van der Waals surface area contributed by atoms with Crippen LogP contribution in [0.25, 0.3) is 10.9 Å². The maximum Gasteiger partial charge on any atom is 0.128 e.